The highest BCUT2D eigenvalue weighted by Gasteiger charge is 2.21. The summed E-state index contributed by atoms with van der Waals surface area (Å²) in [6.45, 7) is 3.97. The van der Waals surface area contributed by atoms with Gasteiger partial charge in [0.05, 0.1) is 13.2 Å². The van der Waals surface area contributed by atoms with Crippen LogP contribution in [-0.2, 0) is 11.8 Å². The SMILES string of the molecule is Cc1c(NC(=O)c2cccc(=O)n2C)cccc1C(=O)N1CCOCC1. The van der Waals surface area contributed by atoms with Gasteiger partial charge in [-0.2, -0.15) is 0 Å². The summed E-state index contributed by atoms with van der Waals surface area (Å²) in [7, 11) is 1.54. The lowest BCUT2D eigenvalue weighted by molar-refractivity contribution is 0.0302. The zero-order valence-electron chi connectivity index (χ0n) is 14.8. The number of morpholine rings is 1. The minimum absolute atomic E-state index is 0.0750. The highest BCUT2D eigenvalue weighted by atomic mass is 16.5. The van der Waals surface area contributed by atoms with E-state index in [1.807, 2.05) is 0 Å². The number of pyridine rings is 1. The van der Waals surface area contributed by atoms with Crippen molar-refractivity contribution in [2.45, 2.75) is 6.92 Å². The lowest BCUT2D eigenvalue weighted by Gasteiger charge is -2.27. The molecule has 26 heavy (non-hydrogen) atoms. The Hall–Kier alpha value is -2.93. The van der Waals surface area contributed by atoms with Crippen LogP contribution in [0.15, 0.2) is 41.2 Å². The highest BCUT2D eigenvalue weighted by Crippen LogP contribution is 2.21. The first-order chi connectivity index (χ1) is 12.5. The molecule has 3 rings (SSSR count). The first-order valence-electron chi connectivity index (χ1n) is 8.43. The Bertz CT molecular complexity index is 898. The van der Waals surface area contributed by atoms with Gasteiger partial charge in [-0.15, -0.1) is 0 Å². The van der Waals surface area contributed by atoms with Crippen molar-refractivity contribution in [3.63, 3.8) is 0 Å². The van der Waals surface area contributed by atoms with E-state index < -0.39 is 5.91 Å². The van der Waals surface area contributed by atoms with Crippen molar-refractivity contribution in [3.8, 4) is 0 Å². The highest BCUT2D eigenvalue weighted by molar-refractivity contribution is 6.05. The van der Waals surface area contributed by atoms with Gasteiger partial charge in [-0.25, -0.2) is 0 Å². The molecule has 7 nitrogen and oxygen atoms in total. The molecule has 0 bridgehead atoms. The van der Waals surface area contributed by atoms with Crippen molar-refractivity contribution >= 4 is 17.5 Å². The van der Waals surface area contributed by atoms with Gasteiger partial charge in [0.15, 0.2) is 0 Å². The van der Waals surface area contributed by atoms with Crippen LogP contribution in [0.5, 0.6) is 0 Å². The summed E-state index contributed by atoms with van der Waals surface area (Å²) in [6.07, 6.45) is 0. The number of rotatable bonds is 3. The molecule has 1 aromatic heterocycles. The van der Waals surface area contributed by atoms with Gasteiger partial charge in [0.25, 0.3) is 17.4 Å². The van der Waals surface area contributed by atoms with Gasteiger partial charge in [0.2, 0.25) is 0 Å². The molecule has 0 radical (unpaired) electrons. The molecule has 1 fully saturated rings. The molecule has 1 saturated heterocycles. The number of hydrogen-bond acceptors (Lipinski definition) is 4. The zero-order chi connectivity index (χ0) is 18.7. The minimum Gasteiger partial charge on any atom is -0.378 e. The molecule has 0 atom stereocenters. The lowest BCUT2D eigenvalue weighted by Crippen LogP contribution is -2.41. The van der Waals surface area contributed by atoms with Crippen LogP contribution in [0, 0.1) is 6.92 Å². The Morgan fingerprint density at radius 1 is 1.08 bits per heavy atom. The van der Waals surface area contributed by atoms with Crippen LogP contribution < -0.4 is 10.9 Å². The fourth-order valence-corrected chi connectivity index (χ4v) is 2.92. The summed E-state index contributed by atoms with van der Waals surface area (Å²) in [5, 5.41) is 2.80. The molecule has 0 spiro atoms. The van der Waals surface area contributed by atoms with Crippen LogP contribution >= 0.6 is 0 Å². The second kappa shape index (κ2) is 7.53. The second-order valence-electron chi connectivity index (χ2n) is 6.15. The molecule has 1 aliphatic rings. The van der Waals surface area contributed by atoms with E-state index in [0.29, 0.717) is 43.1 Å². The van der Waals surface area contributed by atoms with Crippen molar-refractivity contribution < 1.29 is 14.3 Å². The number of nitrogens with one attached hydrogen (secondary N) is 1. The Morgan fingerprint density at radius 2 is 1.77 bits per heavy atom. The Labute approximate surface area is 151 Å². The van der Waals surface area contributed by atoms with Gasteiger partial charge in [0, 0.05) is 37.5 Å². The van der Waals surface area contributed by atoms with Crippen LogP contribution in [0.4, 0.5) is 5.69 Å². The zero-order valence-corrected chi connectivity index (χ0v) is 14.8. The summed E-state index contributed by atoms with van der Waals surface area (Å²) >= 11 is 0. The maximum atomic E-state index is 12.7. The average molecular weight is 355 g/mol. The van der Waals surface area contributed by atoms with Gasteiger partial charge in [-0.1, -0.05) is 12.1 Å². The third-order valence-corrected chi connectivity index (χ3v) is 4.53. The molecule has 2 heterocycles. The van der Waals surface area contributed by atoms with Crippen molar-refractivity contribution in [2.75, 3.05) is 31.6 Å². The molecule has 136 valence electrons. The van der Waals surface area contributed by atoms with Crippen molar-refractivity contribution in [1.29, 1.82) is 0 Å². The third kappa shape index (κ3) is 3.52. The topological polar surface area (TPSA) is 80.6 Å². The van der Waals surface area contributed by atoms with Gasteiger partial charge >= 0.3 is 0 Å². The number of anilines is 1. The van der Waals surface area contributed by atoms with E-state index >= 15 is 0 Å². The second-order valence-corrected chi connectivity index (χ2v) is 6.15. The molecule has 1 aromatic carbocycles. The number of carbonyl (C=O) groups is 2. The minimum atomic E-state index is -0.399. The maximum Gasteiger partial charge on any atom is 0.272 e. The Morgan fingerprint density at radius 3 is 2.50 bits per heavy atom. The summed E-state index contributed by atoms with van der Waals surface area (Å²) in [4.78, 5) is 38.7. The van der Waals surface area contributed by atoms with Crippen molar-refractivity contribution in [2.24, 2.45) is 7.05 Å². The first-order valence-corrected chi connectivity index (χ1v) is 8.43. The van der Waals surface area contributed by atoms with Crippen molar-refractivity contribution in [3.05, 3.63) is 63.6 Å². The molecule has 1 N–H and O–H groups in total. The maximum absolute atomic E-state index is 12.7. The van der Waals surface area contributed by atoms with E-state index in [0.717, 1.165) is 0 Å². The van der Waals surface area contributed by atoms with Crippen LogP contribution in [-0.4, -0.2) is 47.6 Å². The largest absolute Gasteiger partial charge is 0.378 e. The van der Waals surface area contributed by atoms with Gasteiger partial charge in [-0.05, 0) is 30.7 Å². The Kier molecular flexibility index (Phi) is 5.18. The predicted octanol–water partition coefficient (Wildman–Crippen LogP) is 1.42. The summed E-state index contributed by atoms with van der Waals surface area (Å²) in [5.41, 5.74) is 1.78. The molecular weight excluding hydrogens is 334 g/mol. The van der Waals surface area contributed by atoms with E-state index in [-0.39, 0.29) is 17.2 Å². The molecule has 0 unspecified atom stereocenters. The van der Waals surface area contributed by atoms with E-state index in [1.165, 1.54) is 10.6 Å². The smallest absolute Gasteiger partial charge is 0.272 e. The Balaban J connectivity index is 1.85. The van der Waals surface area contributed by atoms with Crippen LogP contribution in [0.2, 0.25) is 0 Å². The van der Waals surface area contributed by atoms with Gasteiger partial charge in [-0.3, -0.25) is 14.4 Å². The fraction of sp³-hybridized carbons (Fsp3) is 0.316. The van der Waals surface area contributed by atoms with Crippen LogP contribution in [0.1, 0.15) is 26.4 Å². The van der Waals surface area contributed by atoms with E-state index in [9.17, 15) is 14.4 Å². The van der Waals surface area contributed by atoms with Gasteiger partial charge in [0.1, 0.15) is 5.69 Å². The molecule has 2 aromatic rings. The molecule has 0 saturated carbocycles. The molecule has 1 aliphatic heterocycles. The van der Waals surface area contributed by atoms with E-state index in [1.54, 1.807) is 49.2 Å². The number of ether oxygens (including phenoxy) is 1. The summed E-state index contributed by atoms with van der Waals surface area (Å²) in [6, 6.07) is 9.74. The molecule has 0 aliphatic carbocycles. The quantitative estimate of drug-likeness (QED) is 0.903. The van der Waals surface area contributed by atoms with Gasteiger partial charge < -0.3 is 19.5 Å². The predicted molar refractivity (Wildman–Crippen MR) is 97.5 cm³/mol. The van der Waals surface area contributed by atoms with Crippen LogP contribution in [0.25, 0.3) is 0 Å². The van der Waals surface area contributed by atoms with E-state index in [2.05, 4.69) is 5.32 Å². The first kappa shape index (κ1) is 17.9. The summed E-state index contributed by atoms with van der Waals surface area (Å²) in [5.74, 6) is -0.474. The fourth-order valence-electron chi connectivity index (χ4n) is 2.92. The number of hydrogen-bond donors (Lipinski definition) is 1. The average Bonchev–Trinajstić information content (AvgIpc) is 2.65. The lowest BCUT2D eigenvalue weighted by atomic mass is 10.0. The number of nitrogens with zero attached hydrogens (tertiary/aromatic N) is 2. The normalized spacial score (nSPS) is 14.2. The molecule has 2 amide bonds. The monoisotopic (exact) mass is 355 g/mol. The summed E-state index contributed by atoms with van der Waals surface area (Å²) < 4.78 is 6.57. The van der Waals surface area contributed by atoms with Crippen LogP contribution in [0.3, 0.4) is 0 Å². The number of benzene rings is 1. The van der Waals surface area contributed by atoms with E-state index in [4.69, 9.17) is 4.74 Å². The number of aromatic nitrogens is 1. The molecular formula is C19H21N3O4. The third-order valence-electron chi connectivity index (χ3n) is 4.53. The number of carbonyl (C=O) groups excluding carboxylic acids is 2. The molecule has 7 heteroatoms. The number of amides is 2. The van der Waals surface area contributed by atoms with Crippen molar-refractivity contribution in [1.82, 2.24) is 9.47 Å². The standard InChI is InChI=1S/C19H21N3O4/c1-13-14(19(25)22-9-11-26-12-10-22)5-3-6-15(13)20-18(24)16-7-4-8-17(23)21(16)2/h3-8H,9-12H2,1-2H3,(H,20,24).